The third-order valence-electron chi connectivity index (χ3n) is 3.54. The van der Waals surface area contributed by atoms with Crippen LogP contribution in [0, 0.1) is 0 Å². The van der Waals surface area contributed by atoms with Crippen molar-refractivity contribution in [1.29, 1.82) is 0 Å². The topological polar surface area (TPSA) is 79.8 Å². The summed E-state index contributed by atoms with van der Waals surface area (Å²) in [6, 6.07) is 14.6. The maximum Gasteiger partial charge on any atom is 0.249 e. The van der Waals surface area contributed by atoms with Crippen LogP contribution in [0.15, 0.2) is 58.1 Å². The number of carbonyl (C=O) groups excluding carboxylic acids is 2. The number of halogens is 1. The van der Waals surface area contributed by atoms with Gasteiger partial charge >= 0.3 is 0 Å². The molecule has 2 rings (SSSR count). The molecule has 0 fully saturated rings. The average Bonchev–Trinajstić information content (AvgIpc) is 2.65. The largest absolute Gasteiger partial charge is 0.493 e. The van der Waals surface area contributed by atoms with Gasteiger partial charge in [-0.05, 0) is 46.6 Å². The summed E-state index contributed by atoms with van der Waals surface area (Å²) < 4.78 is 6.45. The highest BCUT2D eigenvalue weighted by molar-refractivity contribution is 9.10. The van der Waals surface area contributed by atoms with Crippen molar-refractivity contribution in [1.82, 2.24) is 5.43 Å². The van der Waals surface area contributed by atoms with Crippen molar-refractivity contribution in [3.05, 3.63) is 58.6 Å². The van der Waals surface area contributed by atoms with E-state index in [0.29, 0.717) is 18.0 Å². The molecule has 0 heterocycles. The number of para-hydroxylation sites is 2. The second-order valence-corrected chi connectivity index (χ2v) is 6.59. The molecule has 2 aromatic carbocycles. The highest BCUT2D eigenvalue weighted by Crippen LogP contribution is 2.21. The molecular weight excluding hydrogens is 410 g/mol. The minimum absolute atomic E-state index is 0.326. The summed E-state index contributed by atoms with van der Waals surface area (Å²) in [5.41, 5.74) is 3.72. The molecule has 0 spiro atoms. The van der Waals surface area contributed by atoms with Crippen LogP contribution < -0.4 is 15.5 Å². The summed E-state index contributed by atoms with van der Waals surface area (Å²) in [6.45, 7) is 2.72. The number of rotatable bonds is 9. The maximum atomic E-state index is 11.9. The van der Waals surface area contributed by atoms with Gasteiger partial charge in [-0.1, -0.05) is 37.6 Å². The number of amides is 2. The van der Waals surface area contributed by atoms with E-state index >= 15 is 0 Å². The third-order valence-corrected chi connectivity index (χ3v) is 4.23. The smallest absolute Gasteiger partial charge is 0.249 e. The van der Waals surface area contributed by atoms with Gasteiger partial charge in [0, 0.05) is 10.0 Å². The van der Waals surface area contributed by atoms with E-state index in [1.54, 1.807) is 18.2 Å². The van der Waals surface area contributed by atoms with Gasteiger partial charge in [-0.25, -0.2) is 5.43 Å². The zero-order chi connectivity index (χ0) is 19.5. The Hall–Kier alpha value is -2.67. The SMILES string of the molecule is CCCCOc1ccccc1C=NNC(=O)CC(=O)Nc1ccccc1Br. The molecule has 0 aliphatic rings. The third kappa shape index (κ3) is 7.22. The molecule has 0 saturated heterocycles. The molecule has 0 aliphatic heterocycles. The number of hydrogen-bond donors (Lipinski definition) is 2. The molecule has 2 aromatic rings. The highest BCUT2D eigenvalue weighted by atomic mass is 79.9. The molecule has 0 aromatic heterocycles. The summed E-state index contributed by atoms with van der Waals surface area (Å²) in [7, 11) is 0. The van der Waals surface area contributed by atoms with E-state index in [4.69, 9.17) is 4.74 Å². The van der Waals surface area contributed by atoms with E-state index < -0.39 is 11.8 Å². The molecule has 0 atom stereocenters. The van der Waals surface area contributed by atoms with Gasteiger partial charge in [0.1, 0.15) is 12.2 Å². The zero-order valence-corrected chi connectivity index (χ0v) is 16.7. The first-order valence-electron chi connectivity index (χ1n) is 8.68. The Morgan fingerprint density at radius 1 is 1.11 bits per heavy atom. The van der Waals surface area contributed by atoms with Gasteiger partial charge in [0.05, 0.1) is 18.5 Å². The summed E-state index contributed by atoms with van der Waals surface area (Å²) in [4.78, 5) is 23.8. The first-order chi connectivity index (χ1) is 13.1. The number of hydrazone groups is 1. The molecule has 0 bridgehead atoms. The standard InChI is InChI=1S/C20H22BrN3O3/c1-2-3-12-27-18-11-7-4-8-15(18)14-22-24-20(26)13-19(25)23-17-10-6-5-9-16(17)21/h4-11,14H,2-3,12-13H2,1H3,(H,23,25)(H,24,26). The summed E-state index contributed by atoms with van der Waals surface area (Å²) >= 11 is 3.34. The van der Waals surface area contributed by atoms with Crippen LogP contribution in [0.1, 0.15) is 31.7 Å². The molecule has 2 amide bonds. The van der Waals surface area contributed by atoms with Crippen molar-refractivity contribution in [3.8, 4) is 5.75 Å². The molecule has 0 radical (unpaired) electrons. The Morgan fingerprint density at radius 2 is 1.85 bits per heavy atom. The van der Waals surface area contributed by atoms with Gasteiger partial charge < -0.3 is 10.1 Å². The van der Waals surface area contributed by atoms with Gasteiger partial charge in [0.25, 0.3) is 0 Å². The van der Waals surface area contributed by atoms with Crippen LogP contribution in [-0.4, -0.2) is 24.6 Å². The molecule has 27 heavy (non-hydrogen) atoms. The van der Waals surface area contributed by atoms with E-state index in [1.807, 2.05) is 30.3 Å². The predicted octanol–water partition coefficient (Wildman–Crippen LogP) is 4.11. The lowest BCUT2D eigenvalue weighted by Crippen LogP contribution is -2.24. The van der Waals surface area contributed by atoms with E-state index in [2.05, 4.69) is 38.7 Å². The van der Waals surface area contributed by atoms with E-state index in [0.717, 1.165) is 22.9 Å². The normalized spacial score (nSPS) is 10.6. The Morgan fingerprint density at radius 3 is 2.63 bits per heavy atom. The molecule has 2 N–H and O–H groups in total. The van der Waals surface area contributed by atoms with Crippen molar-refractivity contribution >= 4 is 39.6 Å². The van der Waals surface area contributed by atoms with Crippen molar-refractivity contribution < 1.29 is 14.3 Å². The van der Waals surface area contributed by atoms with Gasteiger partial charge in [0.2, 0.25) is 11.8 Å². The van der Waals surface area contributed by atoms with Crippen molar-refractivity contribution in [2.24, 2.45) is 5.10 Å². The van der Waals surface area contributed by atoms with E-state index in [-0.39, 0.29) is 6.42 Å². The Labute approximate surface area is 167 Å². The number of ether oxygens (including phenoxy) is 1. The Bertz CT molecular complexity index is 809. The maximum absolute atomic E-state index is 11.9. The van der Waals surface area contributed by atoms with Crippen molar-refractivity contribution in [2.45, 2.75) is 26.2 Å². The Kier molecular flexibility index (Phi) is 8.51. The van der Waals surface area contributed by atoms with Crippen molar-refractivity contribution in [3.63, 3.8) is 0 Å². The highest BCUT2D eigenvalue weighted by Gasteiger charge is 2.10. The van der Waals surface area contributed by atoms with Gasteiger partial charge in [-0.15, -0.1) is 0 Å². The second-order valence-electron chi connectivity index (χ2n) is 5.74. The molecule has 0 saturated carbocycles. The van der Waals surface area contributed by atoms with Crippen LogP contribution in [-0.2, 0) is 9.59 Å². The lowest BCUT2D eigenvalue weighted by Gasteiger charge is -2.08. The molecular formula is C20H22BrN3O3. The van der Waals surface area contributed by atoms with E-state index in [1.165, 1.54) is 6.21 Å². The number of benzene rings is 2. The van der Waals surface area contributed by atoms with Gasteiger partial charge in [-0.3, -0.25) is 9.59 Å². The van der Waals surface area contributed by atoms with E-state index in [9.17, 15) is 9.59 Å². The van der Waals surface area contributed by atoms with Crippen LogP contribution in [0.5, 0.6) is 5.75 Å². The lowest BCUT2D eigenvalue weighted by molar-refractivity contribution is -0.126. The minimum Gasteiger partial charge on any atom is -0.493 e. The summed E-state index contributed by atoms with van der Waals surface area (Å²) in [5.74, 6) is -0.214. The second kappa shape index (κ2) is 11.1. The molecule has 0 unspecified atom stereocenters. The monoisotopic (exact) mass is 431 g/mol. The van der Waals surface area contributed by atoms with Crippen molar-refractivity contribution in [2.75, 3.05) is 11.9 Å². The fraction of sp³-hybridized carbons (Fsp3) is 0.250. The first-order valence-corrected chi connectivity index (χ1v) is 9.47. The summed E-state index contributed by atoms with van der Waals surface area (Å²) in [6.07, 6.45) is 3.20. The fourth-order valence-corrected chi connectivity index (χ4v) is 2.55. The number of nitrogens with one attached hydrogen (secondary N) is 2. The number of unbranched alkanes of at least 4 members (excludes halogenated alkanes) is 1. The molecule has 0 aliphatic carbocycles. The van der Waals surface area contributed by atoms with Crippen LogP contribution in [0.2, 0.25) is 0 Å². The first kappa shape index (κ1) is 20.6. The average molecular weight is 432 g/mol. The Balaban J connectivity index is 1.84. The minimum atomic E-state index is -0.500. The van der Waals surface area contributed by atoms with Crippen LogP contribution >= 0.6 is 15.9 Å². The number of nitrogens with zero attached hydrogens (tertiary/aromatic N) is 1. The molecule has 7 heteroatoms. The zero-order valence-electron chi connectivity index (χ0n) is 15.1. The van der Waals surface area contributed by atoms with Gasteiger partial charge in [0.15, 0.2) is 0 Å². The van der Waals surface area contributed by atoms with Crippen LogP contribution in [0.25, 0.3) is 0 Å². The fourth-order valence-electron chi connectivity index (χ4n) is 2.16. The predicted molar refractivity (Wildman–Crippen MR) is 110 cm³/mol. The number of hydrogen-bond acceptors (Lipinski definition) is 4. The molecule has 142 valence electrons. The quantitative estimate of drug-likeness (QED) is 0.271. The lowest BCUT2D eigenvalue weighted by atomic mass is 10.2. The number of anilines is 1. The van der Waals surface area contributed by atoms with Gasteiger partial charge in [-0.2, -0.15) is 5.10 Å². The summed E-state index contributed by atoms with van der Waals surface area (Å²) in [5, 5.41) is 6.58. The van der Waals surface area contributed by atoms with Crippen LogP contribution in [0.3, 0.4) is 0 Å². The molecule has 6 nitrogen and oxygen atoms in total. The number of carbonyl (C=O) groups is 2. The van der Waals surface area contributed by atoms with Crippen LogP contribution in [0.4, 0.5) is 5.69 Å².